The Morgan fingerprint density at radius 1 is 0.962 bits per heavy atom. The van der Waals surface area contributed by atoms with Gasteiger partial charge in [-0.25, -0.2) is 4.79 Å². The molecule has 0 rings (SSSR count). The van der Waals surface area contributed by atoms with Crippen molar-refractivity contribution in [1.82, 2.24) is 4.90 Å². The molecule has 0 radical (unpaired) electrons. The van der Waals surface area contributed by atoms with E-state index in [9.17, 15) is 19.2 Å². The van der Waals surface area contributed by atoms with Crippen LogP contribution in [0.15, 0.2) is 24.3 Å². The zero-order valence-electron chi connectivity index (χ0n) is 15.8. The molecule has 1 unspecified atom stereocenters. The summed E-state index contributed by atoms with van der Waals surface area (Å²) in [5.74, 6) is -3.30. The predicted molar refractivity (Wildman–Crippen MR) is 97.2 cm³/mol. The van der Waals surface area contributed by atoms with Gasteiger partial charge in [0, 0.05) is 12.8 Å². The highest BCUT2D eigenvalue weighted by Gasteiger charge is 2.36. The standard InChI is InChI=1S/C19H29NO6/c1-4-6-8-10-12-16(21)20(17(22)13-11-9-7-5-2)15(14-18(23)24)19(25)26-3/h4-7,15H,8-14H2,1-3H3,(H,23,24)/b6-4+,7-5+. The highest BCUT2D eigenvalue weighted by Crippen LogP contribution is 2.15. The van der Waals surface area contributed by atoms with Crippen molar-refractivity contribution in [2.75, 3.05) is 7.11 Å². The van der Waals surface area contributed by atoms with Crippen LogP contribution in [-0.2, 0) is 23.9 Å². The summed E-state index contributed by atoms with van der Waals surface area (Å²) < 4.78 is 4.61. The molecular weight excluding hydrogens is 338 g/mol. The van der Waals surface area contributed by atoms with E-state index >= 15 is 0 Å². The van der Waals surface area contributed by atoms with Crippen LogP contribution < -0.4 is 0 Å². The van der Waals surface area contributed by atoms with Crippen LogP contribution in [0, 0.1) is 0 Å². The Kier molecular flexibility index (Phi) is 12.5. The van der Waals surface area contributed by atoms with Crippen molar-refractivity contribution in [2.45, 2.75) is 64.8 Å². The molecule has 0 saturated carbocycles. The minimum absolute atomic E-state index is 0.0536. The van der Waals surface area contributed by atoms with E-state index in [1.54, 1.807) is 0 Å². The summed E-state index contributed by atoms with van der Waals surface area (Å²) in [6.07, 6.45) is 9.27. The van der Waals surface area contributed by atoms with Crippen molar-refractivity contribution in [3.63, 3.8) is 0 Å². The Labute approximate surface area is 154 Å². The Hall–Kier alpha value is -2.44. The van der Waals surface area contributed by atoms with Gasteiger partial charge in [0.2, 0.25) is 11.8 Å². The van der Waals surface area contributed by atoms with Crippen LogP contribution in [0.2, 0.25) is 0 Å². The smallest absolute Gasteiger partial charge is 0.329 e. The quantitative estimate of drug-likeness (QED) is 0.323. The lowest BCUT2D eigenvalue weighted by molar-refractivity contribution is -0.162. The van der Waals surface area contributed by atoms with Gasteiger partial charge in [-0.3, -0.25) is 19.3 Å². The molecule has 0 heterocycles. The van der Waals surface area contributed by atoms with E-state index in [0.29, 0.717) is 25.7 Å². The number of amides is 2. The fourth-order valence-corrected chi connectivity index (χ4v) is 2.38. The summed E-state index contributed by atoms with van der Waals surface area (Å²) in [7, 11) is 1.10. The number of carboxylic acid groups (broad SMARTS) is 1. The zero-order chi connectivity index (χ0) is 19.9. The lowest BCUT2D eigenvalue weighted by Gasteiger charge is -2.27. The molecule has 0 aromatic heterocycles. The fourth-order valence-electron chi connectivity index (χ4n) is 2.38. The molecule has 0 aromatic carbocycles. The molecule has 1 atom stereocenters. The van der Waals surface area contributed by atoms with E-state index < -0.39 is 36.2 Å². The number of imide groups is 1. The van der Waals surface area contributed by atoms with E-state index in [-0.39, 0.29) is 12.8 Å². The van der Waals surface area contributed by atoms with Crippen molar-refractivity contribution < 1.29 is 29.0 Å². The van der Waals surface area contributed by atoms with Gasteiger partial charge in [-0.2, -0.15) is 0 Å². The molecule has 0 fully saturated rings. The minimum Gasteiger partial charge on any atom is -0.481 e. The number of rotatable bonds is 12. The van der Waals surface area contributed by atoms with Gasteiger partial charge in [0.05, 0.1) is 13.5 Å². The number of carbonyl (C=O) groups is 4. The van der Waals surface area contributed by atoms with Gasteiger partial charge in [0.15, 0.2) is 0 Å². The SMILES string of the molecule is C/C=C/CCCC(=O)N(C(=O)CCC/C=C/C)C(CC(=O)O)C(=O)OC. The van der Waals surface area contributed by atoms with E-state index in [1.165, 1.54) is 0 Å². The number of aliphatic carboxylic acids is 1. The molecule has 2 amide bonds. The number of esters is 1. The number of allylic oxidation sites excluding steroid dienone is 4. The van der Waals surface area contributed by atoms with Crippen molar-refractivity contribution >= 4 is 23.8 Å². The van der Waals surface area contributed by atoms with Crippen LogP contribution in [0.1, 0.15) is 58.8 Å². The van der Waals surface area contributed by atoms with Gasteiger partial charge in [0.25, 0.3) is 0 Å². The van der Waals surface area contributed by atoms with Crippen molar-refractivity contribution in [1.29, 1.82) is 0 Å². The minimum atomic E-state index is -1.44. The summed E-state index contributed by atoms with van der Waals surface area (Å²) in [6.45, 7) is 3.73. The van der Waals surface area contributed by atoms with Crippen LogP contribution in [-0.4, -0.2) is 46.9 Å². The summed E-state index contributed by atoms with van der Waals surface area (Å²) >= 11 is 0. The number of hydrogen-bond donors (Lipinski definition) is 1. The number of methoxy groups -OCH3 is 1. The second kappa shape index (κ2) is 13.8. The highest BCUT2D eigenvalue weighted by atomic mass is 16.5. The van der Waals surface area contributed by atoms with Crippen LogP contribution in [0.25, 0.3) is 0 Å². The molecule has 0 aliphatic carbocycles. The van der Waals surface area contributed by atoms with E-state index in [1.807, 2.05) is 38.2 Å². The first-order chi connectivity index (χ1) is 12.4. The van der Waals surface area contributed by atoms with Gasteiger partial charge >= 0.3 is 11.9 Å². The molecule has 0 aliphatic rings. The Morgan fingerprint density at radius 2 is 1.42 bits per heavy atom. The molecule has 0 bridgehead atoms. The fraction of sp³-hybridized carbons (Fsp3) is 0.579. The second-order valence-electron chi connectivity index (χ2n) is 5.72. The van der Waals surface area contributed by atoms with Crippen LogP contribution in [0.4, 0.5) is 0 Å². The topological polar surface area (TPSA) is 101 Å². The molecule has 0 spiro atoms. The maximum atomic E-state index is 12.5. The lowest BCUT2D eigenvalue weighted by Crippen LogP contribution is -2.50. The number of nitrogens with zero attached hydrogens (tertiary/aromatic N) is 1. The summed E-state index contributed by atoms with van der Waals surface area (Å²) in [4.78, 5) is 49.0. The number of hydrogen-bond acceptors (Lipinski definition) is 5. The molecule has 0 aliphatic heterocycles. The highest BCUT2D eigenvalue weighted by molar-refractivity contribution is 6.00. The van der Waals surface area contributed by atoms with E-state index in [0.717, 1.165) is 12.0 Å². The van der Waals surface area contributed by atoms with E-state index in [2.05, 4.69) is 4.74 Å². The first-order valence-corrected chi connectivity index (χ1v) is 8.75. The summed E-state index contributed by atoms with van der Waals surface area (Å²) in [5.41, 5.74) is 0. The molecule has 1 N–H and O–H groups in total. The predicted octanol–water partition coefficient (Wildman–Crippen LogP) is 2.85. The van der Waals surface area contributed by atoms with Crippen molar-refractivity contribution in [3.8, 4) is 0 Å². The molecular formula is C19H29NO6. The third-order valence-corrected chi connectivity index (χ3v) is 3.68. The van der Waals surface area contributed by atoms with Crippen LogP contribution >= 0.6 is 0 Å². The average molecular weight is 367 g/mol. The summed E-state index contributed by atoms with van der Waals surface area (Å²) in [5, 5.41) is 9.06. The number of ether oxygens (including phenoxy) is 1. The molecule has 0 aromatic rings. The Morgan fingerprint density at radius 3 is 1.77 bits per heavy atom. The Balaban J connectivity index is 5.31. The monoisotopic (exact) mass is 367 g/mol. The van der Waals surface area contributed by atoms with Crippen LogP contribution in [0.3, 0.4) is 0 Å². The molecule has 0 saturated heterocycles. The first-order valence-electron chi connectivity index (χ1n) is 8.75. The van der Waals surface area contributed by atoms with Gasteiger partial charge in [-0.15, -0.1) is 0 Å². The summed E-state index contributed by atoms with van der Waals surface area (Å²) in [6, 6.07) is -1.44. The molecule has 26 heavy (non-hydrogen) atoms. The van der Waals surface area contributed by atoms with Crippen LogP contribution in [0.5, 0.6) is 0 Å². The van der Waals surface area contributed by atoms with Gasteiger partial charge < -0.3 is 9.84 Å². The molecule has 146 valence electrons. The number of carbonyl (C=O) groups excluding carboxylic acids is 3. The normalized spacial score (nSPS) is 12.3. The molecule has 7 nitrogen and oxygen atoms in total. The van der Waals surface area contributed by atoms with Crippen molar-refractivity contribution in [3.05, 3.63) is 24.3 Å². The van der Waals surface area contributed by atoms with Crippen molar-refractivity contribution in [2.24, 2.45) is 0 Å². The zero-order valence-corrected chi connectivity index (χ0v) is 15.8. The van der Waals surface area contributed by atoms with Gasteiger partial charge in [-0.1, -0.05) is 24.3 Å². The third-order valence-electron chi connectivity index (χ3n) is 3.68. The maximum absolute atomic E-state index is 12.5. The second-order valence-corrected chi connectivity index (χ2v) is 5.72. The molecule has 7 heteroatoms. The van der Waals surface area contributed by atoms with Gasteiger partial charge in [-0.05, 0) is 39.5 Å². The lowest BCUT2D eigenvalue weighted by atomic mass is 10.1. The number of carboxylic acids is 1. The van der Waals surface area contributed by atoms with Gasteiger partial charge in [0.1, 0.15) is 6.04 Å². The van der Waals surface area contributed by atoms with E-state index in [4.69, 9.17) is 5.11 Å². The maximum Gasteiger partial charge on any atom is 0.329 e. The largest absolute Gasteiger partial charge is 0.481 e. The average Bonchev–Trinajstić information content (AvgIpc) is 2.60. The first kappa shape index (κ1) is 23.6. The number of unbranched alkanes of at least 4 members (excludes halogenated alkanes) is 2. The Bertz CT molecular complexity index is 508. The third kappa shape index (κ3) is 9.15.